The Morgan fingerprint density at radius 3 is 1.91 bits per heavy atom. The smallest absolute Gasteiger partial charge is 0.235 e. The van der Waals surface area contributed by atoms with Crippen LogP contribution in [-0.4, -0.2) is 19.1 Å². The van der Waals surface area contributed by atoms with Gasteiger partial charge in [0.1, 0.15) is 0 Å². The normalized spacial score (nSPS) is 12.4. The molecule has 6 nitrogen and oxygen atoms in total. The molecule has 8 aromatic carbocycles. The SMILES string of the molecule is c1ccc(-c2nc(-n3c4ccccc4c4ccc5c(c6cc7c(cc6n5-c5ccccc5)Oc5ccccc5O7)c43)nc3ccc4ccccc4c23)cc1. The number of ether oxygens (including phenoxy) is 2. The van der Waals surface area contributed by atoms with E-state index in [0.717, 1.165) is 82.2 Å². The van der Waals surface area contributed by atoms with Gasteiger partial charge in [0.05, 0.1) is 33.3 Å². The number of fused-ring (bicyclic) bond motifs is 12. The van der Waals surface area contributed by atoms with Crippen LogP contribution in [0.15, 0.2) is 170 Å². The minimum absolute atomic E-state index is 0.613. The van der Waals surface area contributed by atoms with Gasteiger partial charge >= 0.3 is 0 Å². The number of hydrogen-bond donors (Lipinski definition) is 0. The molecule has 6 heteroatoms. The van der Waals surface area contributed by atoms with Crippen LogP contribution in [0.1, 0.15) is 0 Å². The van der Waals surface area contributed by atoms with Crippen LogP contribution in [-0.2, 0) is 0 Å². The highest BCUT2D eigenvalue weighted by molar-refractivity contribution is 6.26. The Hall–Kier alpha value is -7.44. The Balaban J connectivity index is 1.24. The highest BCUT2D eigenvalue weighted by Gasteiger charge is 2.26. The molecule has 0 bridgehead atoms. The molecule has 12 rings (SSSR count). The second kappa shape index (κ2) is 11.0. The van der Waals surface area contributed by atoms with Crippen LogP contribution in [0.2, 0.25) is 0 Å². The van der Waals surface area contributed by atoms with Crippen molar-refractivity contribution in [1.82, 2.24) is 19.1 Å². The Labute approximate surface area is 308 Å². The zero-order valence-corrected chi connectivity index (χ0v) is 28.8. The third kappa shape index (κ3) is 4.10. The lowest BCUT2D eigenvalue weighted by molar-refractivity contribution is 0.360. The maximum Gasteiger partial charge on any atom is 0.235 e. The molecule has 0 saturated heterocycles. The van der Waals surface area contributed by atoms with Gasteiger partial charge in [-0.05, 0) is 59.3 Å². The molecule has 11 aromatic rings. The first-order valence-corrected chi connectivity index (χ1v) is 18.1. The van der Waals surface area contributed by atoms with Gasteiger partial charge in [-0.2, -0.15) is 0 Å². The van der Waals surface area contributed by atoms with Crippen molar-refractivity contribution in [3.05, 3.63) is 170 Å². The minimum Gasteiger partial charge on any atom is -0.449 e. The average Bonchev–Trinajstić information content (AvgIpc) is 3.74. The topological polar surface area (TPSA) is 54.1 Å². The summed E-state index contributed by atoms with van der Waals surface area (Å²) in [7, 11) is 0. The van der Waals surface area contributed by atoms with E-state index in [1.54, 1.807) is 0 Å². The molecule has 0 saturated carbocycles. The lowest BCUT2D eigenvalue weighted by Gasteiger charge is -2.20. The second-order valence-corrected chi connectivity index (χ2v) is 13.8. The van der Waals surface area contributed by atoms with E-state index in [9.17, 15) is 0 Å². The van der Waals surface area contributed by atoms with Crippen molar-refractivity contribution in [3.8, 4) is 45.9 Å². The van der Waals surface area contributed by atoms with E-state index in [1.165, 1.54) is 0 Å². The van der Waals surface area contributed by atoms with Crippen LogP contribution in [0.5, 0.6) is 23.0 Å². The van der Waals surface area contributed by atoms with Gasteiger partial charge in [-0.15, -0.1) is 0 Å². The molecule has 0 aliphatic carbocycles. The fourth-order valence-electron chi connectivity index (χ4n) is 8.44. The van der Waals surface area contributed by atoms with Crippen LogP contribution in [0.25, 0.3) is 88.2 Å². The Morgan fingerprint density at radius 2 is 1.09 bits per heavy atom. The average molecular weight is 693 g/mol. The van der Waals surface area contributed by atoms with Crippen molar-refractivity contribution >= 4 is 65.3 Å². The molecule has 54 heavy (non-hydrogen) atoms. The van der Waals surface area contributed by atoms with Crippen LogP contribution in [0, 0.1) is 0 Å². The summed E-state index contributed by atoms with van der Waals surface area (Å²) >= 11 is 0. The molecule has 4 heterocycles. The molecular formula is C48H28N4O2. The number of aromatic nitrogens is 4. The first-order valence-electron chi connectivity index (χ1n) is 18.1. The summed E-state index contributed by atoms with van der Waals surface area (Å²) in [4.78, 5) is 10.9. The number of nitrogens with zero attached hydrogens (tertiary/aromatic N) is 4. The fourth-order valence-corrected chi connectivity index (χ4v) is 8.44. The summed E-state index contributed by atoms with van der Waals surface area (Å²) < 4.78 is 17.6. The number of para-hydroxylation sites is 4. The third-order valence-electron chi connectivity index (χ3n) is 10.8. The Bertz CT molecular complexity index is 3330. The van der Waals surface area contributed by atoms with Crippen LogP contribution >= 0.6 is 0 Å². The predicted octanol–water partition coefficient (Wildman–Crippen LogP) is 12.5. The molecule has 0 N–H and O–H groups in total. The van der Waals surface area contributed by atoms with E-state index >= 15 is 0 Å². The molecule has 0 spiro atoms. The van der Waals surface area contributed by atoms with E-state index in [-0.39, 0.29) is 0 Å². The lowest BCUT2D eigenvalue weighted by atomic mass is 10.0. The Morgan fingerprint density at radius 1 is 0.407 bits per heavy atom. The van der Waals surface area contributed by atoms with Gasteiger partial charge in [0.15, 0.2) is 23.0 Å². The summed E-state index contributed by atoms with van der Waals surface area (Å²) in [6.07, 6.45) is 0. The van der Waals surface area contributed by atoms with Gasteiger partial charge in [-0.25, -0.2) is 9.97 Å². The summed E-state index contributed by atoms with van der Waals surface area (Å²) in [5.41, 5.74) is 8.02. The quantitative estimate of drug-likeness (QED) is 0.173. The zero-order chi connectivity index (χ0) is 35.3. The van der Waals surface area contributed by atoms with E-state index in [4.69, 9.17) is 19.4 Å². The molecular weight excluding hydrogens is 665 g/mol. The highest BCUT2D eigenvalue weighted by Crippen LogP contribution is 2.50. The van der Waals surface area contributed by atoms with Crippen LogP contribution in [0.4, 0.5) is 0 Å². The molecule has 0 amide bonds. The van der Waals surface area contributed by atoms with Crippen molar-refractivity contribution in [2.24, 2.45) is 0 Å². The first kappa shape index (κ1) is 29.2. The van der Waals surface area contributed by atoms with Crippen molar-refractivity contribution in [2.45, 2.75) is 0 Å². The second-order valence-electron chi connectivity index (χ2n) is 13.8. The minimum atomic E-state index is 0.613. The first-order chi connectivity index (χ1) is 26.8. The number of rotatable bonds is 3. The van der Waals surface area contributed by atoms with E-state index < -0.39 is 0 Å². The maximum absolute atomic E-state index is 6.52. The van der Waals surface area contributed by atoms with E-state index in [1.807, 2.05) is 36.4 Å². The number of benzene rings is 8. The monoisotopic (exact) mass is 692 g/mol. The summed E-state index contributed by atoms with van der Waals surface area (Å²) in [6.45, 7) is 0. The molecule has 0 unspecified atom stereocenters. The molecule has 0 atom stereocenters. The van der Waals surface area contributed by atoms with E-state index in [0.29, 0.717) is 28.9 Å². The van der Waals surface area contributed by atoms with Gasteiger partial charge in [0, 0.05) is 44.2 Å². The van der Waals surface area contributed by atoms with Crippen LogP contribution < -0.4 is 9.47 Å². The molecule has 252 valence electrons. The zero-order valence-electron chi connectivity index (χ0n) is 28.8. The lowest BCUT2D eigenvalue weighted by Crippen LogP contribution is -2.04. The van der Waals surface area contributed by atoms with Crippen LogP contribution in [0.3, 0.4) is 0 Å². The van der Waals surface area contributed by atoms with Gasteiger partial charge in [0.2, 0.25) is 5.95 Å². The predicted molar refractivity (Wildman–Crippen MR) is 218 cm³/mol. The van der Waals surface area contributed by atoms with Crippen molar-refractivity contribution < 1.29 is 9.47 Å². The van der Waals surface area contributed by atoms with Gasteiger partial charge in [-0.1, -0.05) is 115 Å². The largest absolute Gasteiger partial charge is 0.449 e. The van der Waals surface area contributed by atoms with Gasteiger partial charge in [-0.3, -0.25) is 4.57 Å². The highest BCUT2D eigenvalue weighted by atomic mass is 16.6. The van der Waals surface area contributed by atoms with Gasteiger partial charge < -0.3 is 14.0 Å². The molecule has 1 aliphatic rings. The molecule has 0 fully saturated rings. The Kier molecular flexibility index (Phi) is 5.96. The van der Waals surface area contributed by atoms with E-state index in [2.05, 4.69) is 143 Å². The maximum atomic E-state index is 6.52. The standard InChI is InChI=1S/C48H28N4O2/c1-3-14-30(15-4-1)46-44-32-18-8-7-13-29(32)23-25-36(44)49-48(50-46)52-37-20-10-9-19-33(37)34-24-26-38-45(47(34)52)35-27-42-43(54-41-22-12-11-21-40(41)53-42)28-39(35)51(38)31-16-5-2-6-17-31/h1-28H. The third-order valence-corrected chi connectivity index (χ3v) is 10.8. The van der Waals surface area contributed by atoms with Crippen molar-refractivity contribution in [2.75, 3.05) is 0 Å². The summed E-state index contributed by atoms with van der Waals surface area (Å²) in [5, 5.41) is 7.70. The summed E-state index contributed by atoms with van der Waals surface area (Å²) in [6, 6.07) is 58.8. The molecule has 0 radical (unpaired) electrons. The van der Waals surface area contributed by atoms with Gasteiger partial charge in [0.25, 0.3) is 0 Å². The summed E-state index contributed by atoms with van der Waals surface area (Å²) in [5.74, 6) is 3.36. The van der Waals surface area contributed by atoms with Crippen molar-refractivity contribution in [1.29, 1.82) is 0 Å². The fraction of sp³-hybridized carbons (Fsp3) is 0. The van der Waals surface area contributed by atoms with Crippen molar-refractivity contribution in [3.63, 3.8) is 0 Å². The molecule has 3 aromatic heterocycles. The molecule has 1 aliphatic heterocycles. The number of hydrogen-bond acceptors (Lipinski definition) is 4.